The third-order valence-corrected chi connectivity index (χ3v) is 7.80. The van der Waals surface area contributed by atoms with E-state index in [4.69, 9.17) is 4.74 Å². The van der Waals surface area contributed by atoms with Crippen molar-refractivity contribution in [3.05, 3.63) is 142 Å². The van der Waals surface area contributed by atoms with Gasteiger partial charge in [0.1, 0.15) is 17.3 Å². The van der Waals surface area contributed by atoms with Crippen molar-refractivity contribution in [3.8, 4) is 5.75 Å². The molecule has 0 aliphatic carbocycles. The zero-order valence-corrected chi connectivity index (χ0v) is 20.9. The molecule has 1 N–H and O–H groups in total. The van der Waals surface area contributed by atoms with Gasteiger partial charge in [-0.05, 0) is 34.9 Å². The highest BCUT2D eigenvalue weighted by Crippen LogP contribution is 2.57. The highest BCUT2D eigenvalue weighted by Gasteiger charge is 2.68. The van der Waals surface area contributed by atoms with Gasteiger partial charge in [-0.15, -0.1) is 0 Å². The molecule has 2 heterocycles. The molecule has 6 rings (SSSR count). The normalized spacial score (nSPS) is 24.0. The molecule has 7 heteroatoms. The zero-order chi connectivity index (χ0) is 26.3. The Labute approximate surface area is 220 Å². The van der Waals surface area contributed by atoms with E-state index in [9.17, 15) is 14.9 Å². The van der Waals surface area contributed by atoms with E-state index in [1.165, 1.54) is 0 Å². The number of carbonyl (C=O) groups is 1. The number of methoxy groups -OCH3 is 1. The van der Waals surface area contributed by atoms with E-state index in [2.05, 4.69) is 5.32 Å². The number of hydrogen-bond acceptors (Lipinski definition) is 5. The molecule has 4 aromatic carbocycles. The number of benzene rings is 4. The molecule has 0 radical (unpaired) electrons. The number of fused-ring (bicyclic) bond motifs is 2. The van der Waals surface area contributed by atoms with Gasteiger partial charge in [-0.3, -0.25) is 20.2 Å². The fourth-order valence-electron chi connectivity index (χ4n) is 6.15. The Morgan fingerprint density at radius 1 is 0.868 bits per heavy atom. The second-order valence-electron chi connectivity index (χ2n) is 9.76. The van der Waals surface area contributed by atoms with E-state index < -0.39 is 23.5 Å². The molecule has 2 aliphatic rings. The van der Waals surface area contributed by atoms with Crippen molar-refractivity contribution in [2.75, 3.05) is 12.0 Å². The molecular weight excluding hydrogens is 478 g/mol. The number of nitrogens with one attached hydrogen (secondary N) is 1. The van der Waals surface area contributed by atoms with Gasteiger partial charge in [0.05, 0.1) is 19.6 Å². The summed E-state index contributed by atoms with van der Waals surface area (Å²) in [5, 5.41) is 16.4. The lowest BCUT2D eigenvalue weighted by atomic mass is 9.74. The minimum atomic E-state index is -1.32. The van der Waals surface area contributed by atoms with Crippen LogP contribution in [0.2, 0.25) is 0 Å². The number of para-hydroxylation sites is 1. The van der Waals surface area contributed by atoms with Crippen LogP contribution in [0.3, 0.4) is 0 Å². The summed E-state index contributed by atoms with van der Waals surface area (Å²) in [5.41, 5.74) is 2.67. The first-order valence-electron chi connectivity index (χ1n) is 12.6. The van der Waals surface area contributed by atoms with Crippen LogP contribution in [0.25, 0.3) is 0 Å². The van der Waals surface area contributed by atoms with Crippen molar-refractivity contribution in [1.82, 2.24) is 5.32 Å². The lowest BCUT2D eigenvalue weighted by Crippen LogP contribution is -2.50. The third kappa shape index (κ3) is 3.66. The van der Waals surface area contributed by atoms with E-state index >= 15 is 0 Å². The largest absolute Gasteiger partial charge is 0.497 e. The second kappa shape index (κ2) is 9.43. The molecule has 1 saturated heterocycles. The zero-order valence-electron chi connectivity index (χ0n) is 20.9. The first kappa shape index (κ1) is 23.9. The molecule has 4 aromatic rings. The summed E-state index contributed by atoms with van der Waals surface area (Å²) in [4.78, 5) is 29.0. The summed E-state index contributed by atoms with van der Waals surface area (Å²) in [7, 11) is 1.58. The molecule has 2 aliphatic heterocycles. The maximum Gasteiger partial charge on any atom is 0.253 e. The Morgan fingerprint density at radius 2 is 1.50 bits per heavy atom. The Hall–Kier alpha value is -4.49. The Bertz CT molecular complexity index is 1480. The van der Waals surface area contributed by atoms with Crippen LogP contribution in [-0.2, 0) is 16.9 Å². The summed E-state index contributed by atoms with van der Waals surface area (Å²) < 4.78 is 5.35. The molecule has 1 fully saturated rings. The SMILES string of the molecule is COc1ccc(C2C([N+](=O)[O-])C(c3ccccc3)NC23C(=O)N(Cc2ccccc2)c2ccccc23)cc1. The number of nitro groups is 1. The Morgan fingerprint density at radius 3 is 2.16 bits per heavy atom. The van der Waals surface area contributed by atoms with Crippen molar-refractivity contribution in [3.63, 3.8) is 0 Å². The average molecular weight is 506 g/mol. The summed E-state index contributed by atoms with van der Waals surface area (Å²) in [6.45, 7) is 0.370. The number of amides is 1. The van der Waals surface area contributed by atoms with Gasteiger partial charge >= 0.3 is 0 Å². The molecular formula is C31H27N3O4. The summed E-state index contributed by atoms with van der Waals surface area (Å²) >= 11 is 0. The summed E-state index contributed by atoms with van der Waals surface area (Å²) in [5.74, 6) is -0.299. The monoisotopic (exact) mass is 505 g/mol. The van der Waals surface area contributed by atoms with Crippen LogP contribution in [0.15, 0.2) is 109 Å². The van der Waals surface area contributed by atoms with Crippen molar-refractivity contribution >= 4 is 11.6 Å². The second-order valence-corrected chi connectivity index (χ2v) is 9.76. The lowest BCUT2D eigenvalue weighted by Gasteiger charge is -2.31. The van der Waals surface area contributed by atoms with Crippen molar-refractivity contribution in [1.29, 1.82) is 0 Å². The first-order valence-corrected chi connectivity index (χ1v) is 12.6. The number of ether oxygens (including phenoxy) is 1. The number of carbonyl (C=O) groups excluding carboxylic acids is 1. The summed E-state index contributed by atoms with van der Waals surface area (Å²) in [6, 6.07) is 32.3. The van der Waals surface area contributed by atoms with E-state index in [-0.39, 0.29) is 10.8 Å². The molecule has 0 saturated carbocycles. The highest BCUT2D eigenvalue weighted by atomic mass is 16.6. The van der Waals surface area contributed by atoms with Crippen LogP contribution < -0.4 is 15.0 Å². The van der Waals surface area contributed by atoms with Gasteiger partial charge in [-0.25, -0.2) is 0 Å². The topological polar surface area (TPSA) is 84.7 Å². The minimum absolute atomic E-state index is 0.186. The number of hydrogen-bond donors (Lipinski definition) is 1. The van der Waals surface area contributed by atoms with Crippen LogP contribution >= 0.6 is 0 Å². The summed E-state index contributed by atoms with van der Waals surface area (Å²) in [6.07, 6.45) is 0. The third-order valence-electron chi connectivity index (χ3n) is 7.80. The number of rotatable bonds is 6. The molecule has 1 spiro atoms. The molecule has 7 nitrogen and oxygen atoms in total. The minimum Gasteiger partial charge on any atom is -0.497 e. The van der Waals surface area contributed by atoms with E-state index in [0.29, 0.717) is 17.9 Å². The quantitative estimate of drug-likeness (QED) is 0.287. The van der Waals surface area contributed by atoms with Gasteiger partial charge in [0.25, 0.3) is 5.91 Å². The van der Waals surface area contributed by atoms with Gasteiger partial charge in [0.15, 0.2) is 0 Å². The molecule has 4 atom stereocenters. The molecule has 4 unspecified atom stereocenters. The lowest BCUT2D eigenvalue weighted by molar-refractivity contribution is -0.527. The predicted octanol–water partition coefficient (Wildman–Crippen LogP) is 5.21. The maximum atomic E-state index is 14.7. The molecule has 1 amide bonds. The van der Waals surface area contributed by atoms with Crippen LogP contribution in [-0.4, -0.2) is 24.0 Å². The van der Waals surface area contributed by atoms with Crippen LogP contribution in [0.1, 0.15) is 34.2 Å². The Balaban J connectivity index is 1.57. The van der Waals surface area contributed by atoms with Gasteiger partial charge in [0, 0.05) is 16.2 Å². The molecule has 38 heavy (non-hydrogen) atoms. The van der Waals surface area contributed by atoms with Gasteiger partial charge in [-0.2, -0.15) is 0 Å². The van der Waals surface area contributed by atoms with E-state index in [1.54, 1.807) is 24.1 Å². The predicted molar refractivity (Wildman–Crippen MR) is 145 cm³/mol. The standard InChI is InChI=1S/C31H27N3O4/c1-38-24-18-16-22(17-19-24)27-29(34(36)37)28(23-12-6-3-7-13-23)32-31(27)25-14-8-9-15-26(25)33(30(31)35)20-21-10-4-2-5-11-21/h2-19,27-29,32H,20H2,1H3. The number of nitrogens with zero attached hydrogens (tertiary/aromatic N) is 2. The van der Waals surface area contributed by atoms with Crippen molar-refractivity contribution in [2.45, 2.75) is 30.1 Å². The fraction of sp³-hybridized carbons (Fsp3) is 0.194. The fourth-order valence-corrected chi connectivity index (χ4v) is 6.15. The first-order chi connectivity index (χ1) is 18.5. The maximum absolute atomic E-state index is 14.7. The van der Waals surface area contributed by atoms with Gasteiger partial charge < -0.3 is 9.64 Å². The van der Waals surface area contributed by atoms with Crippen LogP contribution in [0, 0.1) is 10.1 Å². The van der Waals surface area contributed by atoms with Crippen molar-refractivity contribution < 1.29 is 14.5 Å². The van der Waals surface area contributed by atoms with Gasteiger partial charge in [-0.1, -0.05) is 91.0 Å². The Kier molecular flexibility index (Phi) is 5.93. The van der Waals surface area contributed by atoms with E-state index in [1.807, 2.05) is 97.1 Å². The van der Waals surface area contributed by atoms with E-state index in [0.717, 1.165) is 22.4 Å². The molecule has 0 bridgehead atoms. The van der Waals surface area contributed by atoms with Crippen LogP contribution in [0.5, 0.6) is 5.75 Å². The molecule has 0 aromatic heterocycles. The highest BCUT2D eigenvalue weighted by molar-refractivity contribution is 6.09. The number of anilines is 1. The van der Waals surface area contributed by atoms with Crippen molar-refractivity contribution in [2.24, 2.45) is 0 Å². The van der Waals surface area contributed by atoms with Crippen LogP contribution in [0.4, 0.5) is 5.69 Å². The van der Waals surface area contributed by atoms with Gasteiger partial charge in [0.2, 0.25) is 6.04 Å². The average Bonchev–Trinajstić information content (AvgIpc) is 3.44. The molecule has 190 valence electrons. The smallest absolute Gasteiger partial charge is 0.253 e.